The van der Waals surface area contributed by atoms with Crippen LogP contribution < -0.4 is 5.32 Å². The monoisotopic (exact) mass is 261 g/mol. The summed E-state index contributed by atoms with van der Waals surface area (Å²) in [4.78, 5) is 19.0. The molecule has 1 aliphatic heterocycles. The topological polar surface area (TPSA) is 45.2 Å². The van der Waals surface area contributed by atoms with Crippen LogP contribution in [0.1, 0.15) is 50.5 Å². The molecule has 1 aromatic heterocycles. The summed E-state index contributed by atoms with van der Waals surface area (Å²) in [5, 5.41) is 3.15. The zero-order valence-corrected chi connectivity index (χ0v) is 12.0. The van der Waals surface area contributed by atoms with Gasteiger partial charge in [-0.25, -0.2) is 4.98 Å². The van der Waals surface area contributed by atoms with E-state index in [0.717, 1.165) is 25.2 Å². The van der Waals surface area contributed by atoms with E-state index >= 15 is 0 Å². The molecule has 0 saturated carbocycles. The number of nitrogens with one attached hydrogen (secondary N) is 1. The van der Waals surface area contributed by atoms with Gasteiger partial charge in [-0.05, 0) is 52.2 Å². The quantitative estimate of drug-likeness (QED) is 0.910. The van der Waals surface area contributed by atoms with Gasteiger partial charge in [0.1, 0.15) is 11.5 Å². The molecular formula is C15H23N3O. The molecule has 2 atom stereocenters. The maximum absolute atomic E-state index is 12.6. The summed E-state index contributed by atoms with van der Waals surface area (Å²) in [6.45, 7) is 7.08. The first kappa shape index (κ1) is 13.8. The van der Waals surface area contributed by atoms with E-state index < -0.39 is 0 Å². The second-order valence-electron chi connectivity index (χ2n) is 5.28. The average Bonchev–Trinajstić information content (AvgIpc) is 2.39. The van der Waals surface area contributed by atoms with E-state index in [0.29, 0.717) is 17.8 Å². The van der Waals surface area contributed by atoms with Gasteiger partial charge < -0.3 is 10.2 Å². The van der Waals surface area contributed by atoms with Crippen molar-refractivity contribution in [3.8, 4) is 0 Å². The van der Waals surface area contributed by atoms with E-state index in [-0.39, 0.29) is 5.91 Å². The second kappa shape index (κ2) is 6.04. The standard InChI is InChI=1S/C15H23N3O/c1-4-16-14-10-6-9-13(17-14)15(19)18-11(2)7-5-8-12(18)3/h6,9-12H,4-5,7-8H2,1-3H3,(H,16,17)/t11-,12+. The molecule has 0 bridgehead atoms. The van der Waals surface area contributed by atoms with E-state index in [1.165, 1.54) is 6.42 Å². The van der Waals surface area contributed by atoms with Gasteiger partial charge in [-0.2, -0.15) is 0 Å². The molecule has 0 spiro atoms. The number of aromatic nitrogens is 1. The first-order valence-corrected chi connectivity index (χ1v) is 7.17. The number of hydrogen-bond donors (Lipinski definition) is 1. The molecule has 1 amide bonds. The molecule has 1 N–H and O–H groups in total. The van der Waals surface area contributed by atoms with E-state index in [4.69, 9.17) is 0 Å². The Hall–Kier alpha value is -1.58. The lowest BCUT2D eigenvalue weighted by molar-refractivity contribution is 0.0505. The Morgan fingerprint density at radius 3 is 2.68 bits per heavy atom. The number of amides is 1. The normalized spacial score (nSPS) is 23.2. The van der Waals surface area contributed by atoms with Gasteiger partial charge in [-0.1, -0.05) is 6.07 Å². The zero-order chi connectivity index (χ0) is 13.8. The Morgan fingerprint density at radius 2 is 2.05 bits per heavy atom. The van der Waals surface area contributed by atoms with Crippen molar-refractivity contribution in [3.63, 3.8) is 0 Å². The average molecular weight is 261 g/mol. The Morgan fingerprint density at radius 1 is 1.37 bits per heavy atom. The summed E-state index contributed by atoms with van der Waals surface area (Å²) in [6.07, 6.45) is 3.38. The first-order valence-electron chi connectivity index (χ1n) is 7.17. The van der Waals surface area contributed by atoms with Gasteiger partial charge in [0.05, 0.1) is 0 Å². The van der Waals surface area contributed by atoms with Crippen molar-refractivity contribution >= 4 is 11.7 Å². The molecule has 2 rings (SSSR count). The van der Waals surface area contributed by atoms with Gasteiger partial charge in [-0.15, -0.1) is 0 Å². The smallest absolute Gasteiger partial charge is 0.273 e. The van der Waals surface area contributed by atoms with Crippen molar-refractivity contribution < 1.29 is 4.79 Å². The minimum atomic E-state index is 0.0550. The van der Waals surface area contributed by atoms with Crippen LogP contribution in [0, 0.1) is 0 Å². The second-order valence-corrected chi connectivity index (χ2v) is 5.28. The van der Waals surface area contributed by atoms with Crippen LogP contribution in [0.3, 0.4) is 0 Å². The van der Waals surface area contributed by atoms with E-state index in [1.54, 1.807) is 6.07 Å². The lowest BCUT2D eigenvalue weighted by atomic mass is 9.97. The maximum atomic E-state index is 12.6. The van der Waals surface area contributed by atoms with Crippen molar-refractivity contribution in [2.24, 2.45) is 0 Å². The maximum Gasteiger partial charge on any atom is 0.273 e. The van der Waals surface area contributed by atoms with Crippen LogP contribution >= 0.6 is 0 Å². The van der Waals surface area contributed by atoms with E-state index in [1.807, 2.05) is 24.0 Å². The predicted molar refractivity (Wildman–Crippen MR) is 77.3 cm³/mol. The fraction of sp³-hybridized carbons (Fsp3) is 0.600. The number of likely N-dealkylation sites (tertiary alicyclic amines) is 1. The molecule has 0 radical (unpaired) electrons. The number of carbonyl (C=O) groups excluding carboxylic acids is 1. The molecule has 4 heteroatoms. The molecular weight excluding hydrogens is 238 g/mol. The predicted octanol–water partition coefficient (Wildman–Crippen LogP) is 2.92. The van der Waals surface area contributed by atoms with Crippen LogP contribution in [0.2, 0.25) is 0 Å². The van der Waals surface area contributed by atoms with E-state index in [2.05, 4.69) is 24.1 Å². The van der Waals surface area contributed by atoms with Crippen LogP contribution in [0.5, 0.6) is 0 Å². The van der Waals surface area contributed by atoms with Gasteiger partial charge in [0, 0.05) is 18.6 Å². The highest BCUT2D eigenvalue weighted by Crippen LogP contribution is 2.24. The highest BCUT2D eigenvalue weighted by molar-refractivity contribution is 5.93. The lowest BCUT2D eigenvalue weighted by Crippen LogP contribution is -2.47. The number of carbonyl (C=O) groups is 1. The van der Waals surface area contributed by atoms with Gasteiger partial charge in [0.25, 0.3) is 5.91 Å². The Kier molecular flexibility index (Phi) is 4.40. The molecule has 2 heterocycles. The third-order valence-corrected chi connectivity index (χ3v) is 3.75. The highest BCUT2D eigenvalue weighted by atomic mass is 16.2. The van der Waals surface area contributed by atoms with Gasteiger partial charge in [0.2, 0.25) is 0 Å². The molecule has 1 saturated heterocycles. The largest absolute Gasteiger partial charge is 0.370 e. The van der Waals surface area contributed by atoms with Crippen LogP contribution in [-0.2, 0) is 0 Å². The summed E-state index contributed by atoms with van der Waals surface area (Å²) >= 11 is 0. The molecule has 0 aliphatic carbocycles. The lowest BCUT2D eigenvalue weighted by Gasteiger charge is -2.38. The fourth-order valence-corrected chi connectivity index (χ4v) is 2.79. The molecule has 1 aliphatic rings. The summed E-state index contributed by atoms with van der Waals surface area (Å²) in [5.41, 5.74) is 0.541. The molecule has 104 valence electrons. The van der Waals surface area contributed by atoms with Crippen LogP contribution in [0.15, 0.2) is 18.2 Å². The van der Waals surface area contributed by atoms with Crippen molar-refractivity contribution in [1.82, 2.24) is 9.88 Å². The number of pyridine rings is 1. The van der Waals surface area contributed by atoms with Gasteiger partial charge >= 0.3 is 0 Å². The number of nitrogens with zero attached hydrogens (tertiary/aromatic N) is 2. The SMILES string of the molecule is CCNc1cccc(C(=O)N2[C@H](C)CCC[C@@H]2C)n1. The molecule has 4 nitrogen and oxygen atoms in total. The summed E-state index contributed by atoms with van der Waals surface area (Å²) in [7, 11) is 0. The third-order valence-electron chi connectivity index (χ3n) is 3.75. The molecule has 1 aromatic rings. The van der Waals surface area contributed by atoms with Crippen LogP contribution in [-0.4, -0.2) is 34.4 Å². The van der Waals surface area contributed by atoms with Crippen molar-refractivity contribution in [1.29, 1.82) is 0 Å². The van der Waals surface area contributed by atoms with Gasteiger partial charge in [0.15, 0.2) is 0 Å². The number of hydrogen-bond acceptors (Lipinski definition) is 3. The first-order chi connectivity index (χ1) is 9.13. The summed E-state index contributed by atoms with van der Waals surface area (Å²) in [6, 6.07) is 6.19. The molecule has 0 unspecified atom stereocenters. The van der Waals surface area contributed by atoms with Crippen LogP contribution in [0.25, 0.3) is 0 Å². The number of rotatable bonds is 3. The van der Waals surface area contributed by atoms with Crippen molar-refractivity contribution in [2.75, 3.05) is 11.9 Å². The fourth-order valence-electron chi connectivity index (χ4n) is 2.79. The number of anilines is 1. The Balaban J connectivity index is 2.20. The third kappa shape index (κ3) is 3.06. The minimum Gasteiger partial charge on any atom is -0.370 e. The number of piperidine rings is 1. The molecule has 0 aromatic carbocycles. The van der Waals surface area contributed by atoms with Crippen LogP contribution in [0.4, 0.5) is 5.82 Å². The van der Waals surface area contributed by atoms with Crippen molar-refractivity contribution in [2.45, 2.75) is 52.1 Å². The molecule has 1 fully saturated rings. The van der Waals surface area contributed by atoms with Gasteiger partial charge in [-0.3, -0.25) is 4.79 Å². The summed E-state index contributed by atoms with van der Waals surface area (Å²) < 4.78 is 0. The summed E-state index contributed by atoms with van der Waals surface area (Å²) in [5.74, 6) is 0.824. The van der Waals surface area contributed by atoms with E-state index in [9.17, 15) is 4.79 Å². The minimum absolute atomic E-state index is 0.0550. The Labute approximate surface area is 115 Å². The zero-order valence-electron chi connectivity index (χ0n) is 12.0. The molecule has 19 heavy (non-hydrogen) atoms. The highest BCUT2D eigenvalue weighted by Gasteiger charge is 2.30. The van der Waals surface area contributed by atoms with Crippen molar-refractivity contribution in [3.05, 3.63) is 23.9 Å². The Bertz CT molecular complexity index is 437.